The third-order valence-corrected chi connectivity index (χ3v) is 6.80. The first-order valence-electron chi connectivity index (χ1n) is 10.7. The van der Waals surface area contributed by atoms with Gasteiger partial charge in [0, 0.05) is 18.0 Å². The molecule has 8 nitrogen and oxygen atoms in total. The second kappa shape index (κ2) is 8.39. The second-order valence-corrected chi connectivity index (χ2v) is 8.97. The quantitative estimate of drug-likeness (QED) is 0.583. The van der Waals surface area contributed by atoms with Crippen molar-refractivity contribution >= 4 is 21.9 Å². The van der Waals surface area contributed by atoms with Crippen molar-refractivity contribution in [1.29, 1.82) is 0 Å². The molecule has 9 heteroatoms. The predicted molar refractivity (Wildman–Crippen MR) is 112 cm³/mol. The molecule has 1 saturated carbocycles. The van der Waals surface area contributed by atoms with Crippen molar-refractivity contribution < 1.29 is 17.7 Å². The van der Waals surface area contributed by atoms with Crippen LogP contribution in [-0.4, -0.2) is 30.0 Å². The van der Waals surface area contributed by atoms with Gasteiger partial charge in [-0.1, -0.05) is 24.4 Å². The minimum absolute atomic E-state index is 0.211. The fraction of sp³-hybridized carbons (Fsp3) is 0.524. The third kappa shape index (κ3) is 3.72. The van der Waals surface area contributed by atoms with Crippen LogP contribution in [0.4, 0.5) is 0 Å². The molecule has 1 N–H and O–H groups in total. The number of nitrogens with zero attached hydrogens (tertiary/aromatic N) is 3. The van der Waals surface area contributed by atoms with Crippen LogP contribution in [0.3, 0.4) is 0 Å². The molecular weight excluding hydrogens is 404 g/mol. The van der Waals surface area contributed by atoms with Crippen molar-refractivity contribution in [3.63, 3.8) is 0 Å². The van der Waals surface area contributed by atoms with Crippen molar-refractivity contribution in [2.24, 2.45) is 5.92 Å². The molecule has 1 atom stereocenters. The van der Waals surface area contributed by atoms with Crippen LogP contribution >= 0.6 is 0 Å². The van der Waals surface area contributed by atoms with E-state index in [4.69, 9.17) is 9.26 Å². The fourth-order valence-corrected chi connectivity index (χ4v) is 5.49. The fourth-order valence-electron chi connectivity index (χ4n) is 4.93. The first kappa shape index (κ1) is 19.6. The van der Waals surface area contributed by atoms with Gasteiger partial charge in [0.2, 0.25) is 10.9 Å². The first-order chi connectivity index (χ1) is 14.7. The van der Waals surface area contributed by atoms with Gasteiger partial charge in [0.15, 0.2) is 5.58 Å². The Morgan fingerprint density at radius 1 is 1.23 bits per heavy atom. The van der Waals surface area contributed by atoms with E-state index in [2.05, 4.69) is 15.0 Å². The Morgan fingerprint density at radius 2 is 2.10 bits per heavy atom. The van der Waals surface area contributed by atoms with Gasteiger partial charge in [-0.05, 0) is 49.3 Å². The number of rotatable bonds is 6. The van der Waals surface area contributed by atoms with Crippen LogP contribution in [0, 0.1) is 5.92 Å². The summed E-state index contributed by atoms with van der Waals surface area (Å²) in [5, 5.41) is 9.50. The number of fused-ring (bicyclic) bond motifs is 3. The average Bonchev–Trinajstić information content (AvgIpc) is 3.43. The van der Waals surface area contributed by atoms with E-state index in [0.717, 1.165) is 60.8 Å². The summed E-state index contributed by atoms with van der Waals surface area (Å²) in [4.78, 5) is 0. The molecule has 0 radical (unpaired) electrons. The summed E-state index contributed by atoms with van der Waals surface area (Å²) in [6.07, 6.45) is 10.9. The Labute approximate surface area is 176 Å². The van der Waals surface area contributed by atoms with Gasteiger partial charge in [0.25, 0.3) is 0 Å². The number of hydrogen-bond donors (Lipinski definition) is 2. The molecule has 2 aliphatic rings. The largest absolute Gasteiger partial charge is 0.492 e. The molecule has 160 valence electrons. The maximum Gasteiger partial charge on any atom is 0.202 e. The SMILES string of the molecule is O=[SH](=O)NC(c1noc2cc(Cn3cccn3)c3c(c12)OCCC3)C1CCCCC1. The van der Waals surface area contributed by atoms with E-state index in [1.54, 1.807) is 6.20 Å². The topological polar surface area (TPSA) is 99.2 Å². The molecular formula is C21H26N4O4S. The van der Waals surface area contributed by atoms with Crippen LogP contribution < -0.4 is 9.46 Å². The van der Waals surface area contributed by atoms with Crippen LogP contribution in [0.1, 0.15) is 61.4 Å². The summed E-state index contributed by atoms with van der Waals surface area (Å²) < 4.78 is 39.8. The molecule has 0 bridgehead atoms. The van der Waals surface area contributed by atoms with Crippen molar-refractivity contribution in [2.75, 3.05) is 6.61 Å². The van der Waals surface area contributed by atoms with Crippen molar-refractivity contribution in [1.82, 2.24) is 19.7 Å². The van der Waals surface area contributed by atoms with Crippen molar-refractivity contribution in [2.45, 2.75) is 57.5 Å². The summed E-state index contributed by atoms with van der Waals surface area (Å²) in [6.45, 7) is 1.26. The molecule has 5 rings (SSSR count). The minimum atomic E-state index is -2.75. The zero-order valence-electron chi connectivity index (χ0n) is 16.7. The third-order valence-electron chi connectivity index (χ3n) is 6.31. The molecule has 3 aromatic rings. The van der Waals surface area contributed by atoms with Gasteiger partial charge in [0.05, 0.1) is 24.6 Å². The van der Waals surface area contributed by atoms with Crippen LogP contribution in [0.5, 0.6) is 5.75 Å². The molecule has 1 aliphatic heterocycles. The normalized spacial score (nSPS) is 18.4. The Bertz CT molecular complexity index is 1090. The molecule has 0 spiro atoms. The summed E-state index contributed by atoms with van der Waals surface area (Å²) >= 11 is 0. The van der Waals surface area contributed by atoms with Crippen LogP contribution in [0.2, 0.25) is 0 Å². The highest BCUT2D eigenvalue weighted by Crippen LogP contribution is 2.43. The summed E-state index contributed by atoms with van der Waals surface area (Å²) in [5.74, 6) is 1.00. The van der Waals surface area contributed by atoms with Gasteiger partial charge in [-0.25, -0.2) is 13.1 Å². The zero-order chi connectivity index (χ0) is 20.5. The van der Waals surface area contributed by atoms with Crippen molar-refractivity contribution in [3.05, 3.63) is 41.3 Å². The molecule has 0 amide bonds. The van der Waals surface area contributed by atoms with E-state index < -0.39 is 10.9 Å². The van der Waals surface area contributed by atoms with Crippen LogP contribution in [0.25, 0.3) is 11.0 Å². The number of ether oxygens (including phenoxy) is 1. The van der Waals surface area contributed by atoms with Gasteiger partial charge < -0.3 is 9.26 Å². The van der Waals surface area contributed by atoms with E-state index in [1.807, 2.05) is 23.0 Å². The zero-order valence-corrected chi connectivity index (χ0v) is 17.6. The number of hydrogen-bond acceptors (Lipinski definition) is 6. The molecule has 1 fully saturated rings. The highest BCUT2D eigenvalue weighted by Gasteiger charge is 2.33. The number of thiol groups is 1. The monoisotopic (exact) mass is 430 g/mol. The Balaban J connectivity index is 1.62. The van der Waals surface area contributed by atoms with Gasteiger partial charge in [-0.3, -0.25) is 4.68 Å². The Morgan fingerprint density at radius 3 is 2.87 bits per heavy atom. The summed E-state index contributed by atoms with van der Waals surface area (Å²) in [7, 11) is -2.75. The summed E-state index contributed by atoms with van der Waals surface area (Å²) in [5.41, 5.74) is 3.53. The second-order valence-electron chi connectivity index (χ2n) is 8.20. The van der Waals surface area contributed by atoms with Gasteiger partial charge in [-0.15, -0.1) is 0 Å². The lowest BCUT2D eigenvalue weighted by molar-refractivity contribution is 0.281. The highest BCUT2D eigenvalue weighted by molar-refractivity contribution is 7.70. The molecule has 1 aliphatic carbocycles. The minimum Gasteiger partial charge on any atom is -0.492 e. The van der Waals surface area contributed by atoms with Gasteiger partial charge >= 0.3 is 0 Å². The van der Waals surface area contributed by atoms with Crippen LogP contribution in [-0.2, 0) is 23.9 Å². The Hall–Kier alpha value is -2.39. The standard InChI is InChI=1S/C21H26N4O4S/c26-30(27)24-19(14-6-2-1-3-7-14)20-18-17(29-23-20)12-15(13-25-10-5-9-22-25)16-8-4-11-28-21(16)18/h5,9-10,12,14,19,30H,1-4,6-8,11,13H2,(H,24,26,27). The number of aromatic nitrogens is 3. The van der Waals surface area contributed by atoms with Gasteiger partial charge in [0.1, 0.15) is 11.4 Å². The number of benzene rings is 1. The maximum absolute atomic E-state index is 11.6. The lowest BCUT2D eigenvalue weighted by Crippen LogP contribution is -2.29. The molecule has 30 heavy (non-hydrogen) atoms. The lowest BCUT2D eigenvalue weighted by Gasteiger charge is -2.29. The van der Waals surface area contributed by atoms with Gasteiger partial charge in [-0.2, -0.15) is 5.10 Å². The first-order valence-corrected chi connectivity index (χ1v) is 11.8. The highest BCUT2D eigenvalue weighted by atomic mass is 32.2. The van der Waals surface area contributed by atoms with Crippen molar-refractivity contribution in [3.8, 4) is 5.75 Å². The smallest absolute Gasteiger partial charge is 0.202 e. The molecule has 2 aromatic heterocycles. The average molecular weight is 431 g/mol. The molecule has 1 aromatic carbocycles. The van der Waals surface area contributed by atoms with E-state index >= 15 is 0 Å². The Kier molecular flexibility index (Phi) is 5.47. The predicted octanol–water partition coefficient (Wildman–Crippen LogP) is 3.14. The molecule has 0 saturated heterocycles. The summed E-state index contributed by atoms with van der Waals surface area (Å²) in [6, 6.07) is 3.52. The molecule has 1 unspecified atom stereocenters. The molecule has 3 heterocycles. The van der Waals surface area contributed by atoms with E-state index in [0.29, 0.717) is 24.4 Å². The van der Waals surface area contributed by atoms with Crippen LogP contribution in [0.15, 0.2) is 29.0 Å². The lowest BCUT2D eigenvalue weighted by atomic mass is 9.82. The number of nitrogens with one attached hydrogen (secondary N) is 1. The van der Waals surface area contributed by atoms with E-state index in [1.165, 1.54) is 6.42 Å². The maximum atomic E-state index is 11.6. The van der Waals surface area contributed by atoms with E-state index in [9.17, 15) is 8.42 Å². The van der Waals surface area contributed by atoms with E-state index in [-0.39, 0.29) is 12.0 Å².